The minimum atomic E-state index is 0.168. The minimum Gasteiger partial charge on any atom is -0.489 e. The van der Waals surface area contributed by atoms with Gasteiger partial charge in [-0.1, -0.05) is 36.4 Å². The van der Waals surface area contributed by atoms with Crippen molar-refractivity contribution in [2.45, 2.75) is 32.1 Å². The van der Waals surface area contributed by atoms with Crippen LogP contribution in [0.3, 0.4) is 0 Å². The van der Waals surface area contributed by atoms with Crippen molar-refractivity contribution in [1.82, 2.24) is 5.32 Å². The second-order valence-electron chi connectivity index (χ2n) is 6.53. The van der Waals surface area contributed by atoms with E-state index in [4.69, 9.17) is 13.9 Å². The molecule has 0 fully saturated rings. The van der Waals surface area contributed by atoms with Crippen LogP contribution in [0, 0.1) is 0 Å². The van der Waals surface area contributed by atoms with Crippen LogP contribution in [0.1, 0.15) is 23.3 Å². The molecule has 0 amide bonds. The normalized spacial score (nSPS) is 15.9. The van der Waals surface area contributed by atoms with Gasteiger partial charge in [0.05, 0.1) is 12.8 Å². The zero-order chi connectivity index (χ0) is 17.6. The lowest BCUT2D eigenvalue weighted by Crippen LogP contribution is -2.33. The standard InChI is InChI=1S/C22H23NO3/c1-2-5-17(6-3-1)16-25-19-10-8-18-9-11-21(26-22(18)13-19)15-23-14-20-7-4-12-24-20/h1-8,10,12-13,21,23H,9,11,14-16H2. The Balaban J connectivity index is 1.32. The lowest BCUT2D eigenvalue weighted by molar-refractivity contribution is 0.168. The van der Waals surface area contributed by atoms with Crippen LogP contribution in [-0.2, 0) is 19.6 Å². The van der Waals surface area contributed by atoms with E-state index in [9.17, 15) is 0 Å². The second-order valence-corrected chi connectivity index (χ2v) is 6.53. The highest BCUT2D eigenvalue weighted by Gasteiger charge is 2.20. The highest BCUT2D eigenvalue weighted by molar-refractivity contribution is 5.42. The van der Waals surface area contributed by atoms with Gasteiger partial charge in [-0.15, -0.1) is 0 Å². The Hall–Kier alpha value is -2.72. The highest BCUT2D eigenvalue weighted by atomic mass is 16.5. The van der Waals surface area contributed by atoms with E-state index in [1.807, 2.05) is 42.5 Å². The summed E-state index contributed by atoms with van der Waals surface area (Å²) in [4.78, 5) is 0. The molecule has 0 saturated carbocycles. The van der Waals surface area contributed by atoms with Crippen LogP contribution < -0.4 is 14.8 Å². The molecule has 1 atom stereocenters. The Kier molecular flexibility index (Phi) is 5.22. The van der Waals surface area contributed by atoms with E-state index in [0.29, 0.717) is 6.61 Å². The summed E-state index contributed by atoms with van der Waals surface area (Å²) in [5, 5.41) is 3.40. The first-order valence-electron chi connectivity index (χ1n) is 9.06. The molecule has 0 radical (unpaired) electrons. The van der Waals surface area contributed by atoms with Crippen molar-refractivity contribution in [3.05, 3.63) is 83.8 Å². The van der Waals surface area contributed by atoms with E-state index in [0.717, 1.165) is 48.8 Å². The van der Waals surface area contributed by atoms with Crippen molar-refractivity contribution < 1.29 is 13.9 Å². The lowest BCUT2D eigenvalue weighted by Gasteiger charge is -2.26. The Bertz CT molecular complexity index is 815. The predicted octanol–water partition coefficient (Wildman–Crippen LogP) is 4.34. The van der Waals surface area contributed by atoms with Crippen LogP contribution in [0.15, 0.2) is 71.3 Å². The first kappa shape index (κ1) is 16.7. The highest BCUT2D eigenvalue weighted by Crippen LogP contribution is 2.31. The van der Waals surface area contributed by atoms with Crippen molar-refractivity contribution >= 4 is 0 Å². The Morgan fingerprint density at radius 3 is 2.81 bits per heavy atom. The molecule has 1 aromatic heterocycles. The first-order valence-corrected chi connectivity index (χ1v) is 9.06. The molecule has 26 heavy (non-hydrogen) atoms. The van der Waals surface area contributed by atoms with Gasteiger partial charge in [0, 0.05) is 12.6 Å². The number of benzene rings is 2. The van der Waals surface area contributed by atoms with E-state index in [1.165, 1.54) is 5.56 Å². The van der Waals surface area contributed by atoms with Crippen LogP contribution in [-0.4, -0.2) is 12.6 Å². The number of nitrogens with one attached hydrogen (secondary N) is 1. The lowest BCUT2D eigenvalue weighted by atomic mass is 10.0. The van der Waals surface area contributed by atoms with E-state index >= 15 is 0 Å². The fraction of sp³-hybridized carbons (Fsp3) is 0.273. The van der Waals surface area contributed by atoms with E-state index in [1.54, 1.807) is 6.26 Å². The van der Waals surface area contributed by atoms with Crippen LogP contribution in [0.25, 0.3) is 0 Å². The molecule has 2 heterocycles. The van der Waals surface area contributed by atoms with E-state index in [-0.39, 0.29) is 6.10 Å². The van der Waals surface area contributed by atoms with Gasteiger partial charge in [-0.05, 0) is 42.2 Å². The number of fused-ring (bicyclic) bond motifs is 1. The monoisotopic (exact) mass is 349 g/mol. The molecule has 2 aromatic carbocycles. The molecule has 4 heteroatoms. The Morgan fingerprint density at radius 1 is 1.04 bits per heavy atom. The van der Waals surface area contributed by atoms with Crippen molar-refractivity contribution in [3.8, 4) is 11.5 Å². The number of aryl methyl sites for hydroxylation is 1. The number of hydrogen-bond donors (Lipinski definition) is 1. The molecule has 3 aromatic rings. The summed E-state index contributed by atoms with van der Waals surface area (Å²) in [6.07, 6.45) is 3.91. The molecule has 0 aliphatic carbocycles. The predicted molar refractivity (Wildman–Crippen MR) is 100 cm³/mol. The molecular weight excluding hydrogens is 326 g/mol. The summed E-state index contributed by atoms with van der Waals surface area (Å²) in [6.45, 7) is 2.09. The maximum absolute atomic E-state index is 6.17. The van der Waals surface area contributed by atoms with Gasteiger partial charge in [-0.3, -0.25) is 0 Å². The third-order valence-corrected chi connectivity index (χ3v) is 4.57. The number of ether oxygens (including phenoxy) is 2. The molecule has 0 spiro atoms. The quantitative estimate of drug-likeness (QED) is 0.689. The van der Waals surface area contributed by atoms with Gasteiger partial charge in [0.2, 0.25) is 0 Å². The number of rotatable bonds is 7. The SMILES string of the molecule is c1ccc(COc2ccc3c(c2)OC(CNCc2ccco2)CC3)cc1. The molecule has 1 aliphatic rings. The zero-order valence-electron chi connectivity index (χ0n) is 14.7. The average molecular weight is 349 g/mol. The maximum Gasteiger partial charge on any atom is 0.126 e. The van der Waals surface area contributed by atoms with Crippen molar-refractivity contribution in [2.75, 3.05) is 6.54 Å². The summed E-state index contributed by atoms with van der Waals surface area (Å²) in [5.41, 5.74) is 2.41. The minimum absolute atomic E-state index is 0.168. The molecular formula is C22H23NO3. The van der Waals surface area contributed by atoms with Crippen molar-refractivity contribution in [3.63, 3.8) is 0 Å². The molecule has 1 unspecified atom stereocenters. The molecule has 134 valence electrons. The topological polar surface area (TPSA) is 43.6 Å². The third-order valence-electron chi connectivity index (χ3n) is 4.57. The van der Waals surface area contributed by atoms with Gasteiger partial charge in [0.1, 0.15) is 30.0 Å². The molecule has 1 aliphatic heterocycles. The maximum atomic E-state index is 6.17. The smallest absolute Gasteiger partial charge is 0.126 e. The van der Waals surface area contributed by atoms with Crippen LogP contribution in [0.2, 0.25) is 0 Å². The number of furan rings is 1. The van der Waals surface area contributed by atoms with E-state index in [2.05, 4.69) is 23.5 Å². The summed E-state index contributed by atoms with van der Waals surface area (Å²) < 4.78 is 17.4. The zero-order valence-corrected chi connectivity index (χ0v) is 14.7. The average Bonchev–Trinajstić information content (AvgIpc) is 3.20. The molecule has 4 nitrogen and oxygen atoms in total. The molecule has 4 rings (SSSR count). The Morgan fingerprint density at radius 2 is 1.96 bits per heavy atom. The second kappa shape index (κ2) is 8.11. The van der Waals surface area contributed by atoms with Gasteiger partial charge in [-0.2, -0.15) is 0 Å². The summed E-state index contributed by atoms with van der Waals surface area (Å²) in [5.74, 6) is 2.72. The van der Waals surface area contributed by atoms with Crippen LogP contribution >= 0.6 is 0 Å². The third kappa shape index (κ3) is 4.27. The molecule has 1 N–H and O–H groups in total. The van der Waals surface area contributed by atoms with Crippen LogP contribution in [0.4, 0.5) is 0 Å². The van der Waals surface area contributed by atoms with E-state index < -0.39 is 0 Å². The summed E-state index contributed by atoms with van der Waals surface area (Å²) >= 11 is 0. The molecule has 0 bridgehead atoms. The largest absolute Gasteiger partial charge is 0.489 e. The van der Waals surface area contributed by atoms with Crippen molar-refractivity contribution in [1.29, 1.82) is 0 Å². The van der Waals surface area contributed by atoms with Crippen molar-refractivity contribution in [2.24, 2.45) is 0 Å². The summed E-state index contributed by atoms with van der Waals surface area (Å²) in [7, 11) is 0. The van der Waals surface area contributed by atoms with Gasteiger partial charge < -0.3 is 19.2 Å². The van der Waals surface area contributed by atoms with Gasteiger partial charge >= 0.3 is 0 Å². The fourth-order valence-electron chi connectivity index (χ4n) is 3.15. The van der Waals surface area contributed by atoms with Gasteiger partial charge in [0.15, 0.2) is 0 Å². The summed E-state index contributed by atoms with van der Waals surface area (Å²) in [6, 6.07) is 20.2. The Labute approximate surface area is 153 Å². The van der Waals surface area contributed by atoms with Crippen LogP contribution in [0.5, 0.6) is 11.5 Å². The van der Waals surface area contributed by atoms with Gasteiger partial charge in [-0.25, -0.2) is 0 Å². The molecule has 0 saturated heterocycles. The first-order chi connectivity index (χ1) is 12.9. The fourth-order valence-corrected chi connectivity index (χ4v) is 3.15. The number of hydrogen-bond acceptors (Lipinski definition) is 4. The van der Waals surface area contributed by atoms with Gasteiger partial charge in [0.25, 0.3) is 0 Å².